The highest BCUT2D eigenvalue weighted by atomic mass is 16.4. The molecule has 0 radical (unpaired) electrons. The Labute approximate surface area is 93.4 Å². The minimum atomic E-state index is -1.13. The normalized spacial score (nSPS) is 11.2. The Morgan fingerprint density at radius 1 is 1.44 bits per heavy atom. The molecule has 6 heteroatoms. The summed E-state index contributed by atoms with van der Waals surface area (Å²) in [4.78, 5) is 18.4. The van der Waals surface area contributed by atoms with Crippen LogP contribution in [0.25, 0.3) is 0 Å². The number of aromatic nitrogens is 2. The van der Waals surface area contributed by atoms with Crippen LogP contribution in [0.3, 0.4) is 0 Å². The van der Waals surface area contributed by atoms with E-state index in [0.717, 1.165) is 0 Å². The van der Waals surface area contributed by atoms with Crippen molar-refractivity contribution in [2.75, 3.05) is 18.5 Å². The van der Waals surface area contributed by atoms with Crippen molar-refractivity contribution < 1.29 is 15.0 Å². The highest BCUT2D eigenvalue weighted by molar-refractivity contribution is 5.90. The summed E-state index contributed by atoms with van der Waals surface area (Å²) in [6.07, 6.45) is 2.74. The van der Waals surface area contributed by atoms with E-state index in [-0.39, 0.29) is 23.5 Å². The molecule has 0 atom stereocenters. The number of carboxylic acid groups (broad SMARTS) is 1. The average molecular weight is 225 g/mol. The molecule has 0 aliphatic heterocycles. The molecule has 0 saturated heterocycles. The standard InChI is InChI=1S/C10H15N3O3/c1-10(2,6-14)5-13-8-7(9(15)16)11-3-4-12-8/h3-4,14H,5-6H2,1-2H3,(H,12,13)(H,15,16). The van der Waals surface area contributed by atoms with Crippen molar-refractivity contribution in [2.45, 2.75) is 13.8 Å². The quantitative estimate of drug-likeness (QED) is 0.679. The first-order chi connectivity index (χ1) is 7.46. The zero-order valence-electron chi connectivity index (χ0n) is 9.27. The van der Waals surface area contributed by atoms with E-state index in [2.05, 4.69) is 15.3 Å². The van der Waals surface area contributed by atoms with Gasteiger partial charge in [-0.2, -0.15) is 0 Å². The van der Waals surface area contributed by atoms with E-state index in [9.17, 15) is 4.79 Å². The third-order valence-corrected chi connectivity index (χ3v) is 2.06. The Morgan fingerprint density at radius 3 is 2.62 bits per heavy atom. The van der Waals surface area contributed by atoms with Gasteiger partial charge in [0.1, 0.15) is 0 Å². The molecule has 0 spiro atoms. The molecule has 0 bridgehead atoms. The van der Waals surface area contributed by atoms with Crippen molar-refractivity contribution in [3.63, 3.8) is 0 Å². The summed E-state index contributed by atoms with van der Waals surface area (Å²) in [5, 5.41) is 20.8. The molecule has 0 aliphatic rings. The molecule has 1 aromatic heterocycles. The SMILES string of the molecule is CC(C)(CO)CNc1nccnc1C(=O)O. The Bertz CT molecular complexity index is 379. The van der Waals surface area contributed by atoms with E-state index in [4.69, 9.17) is 10.2 Å². The van der Waals surface area contributed by atoms with Crippen LogP contribution in [0.2, 0.25) is 0 Å². The van der Waals surface area contributed by atoms with Gasteiger partial charge in [-0.25, -0.2) is 14.8 Å². The second-order valence-corrected chi connectivity index (χ2v) is 4.23. The van der Waals surface area contributed by atoms with Crippen LogP contribution in [0.15, 0.2) is 12.4 Å². The first-order valence-electron chi connectivity index (χ1n) is 4.85. The molecule has 0 unspecified atom stereocenters. The lowest BCUT2D eigenvalue weighted by Gasteiger charge is -2.22. The number of nitrogens with one attached hydrogen (secondary N) is 1. The lowest BCUT2D eigenvalue weighted by molar-refractivity contribution is 0.0691. The fourth-order valence-corrected chi connectivity index (χ4v) is 1.00. The topological polar surface area (TPSA) is 95.3 Å². The molecule has 1 rings (SSSR count). The van der Waals surface area contributed by atoms with Crippen LogP contribution in [-0.4, -0.2) is 39.3 Å². The van der Waals surface area contributed by atoms with E-state index < -0.39 is 5.97 Å². The monoisotopic (exact) mass is 225 g/mol. The van der Waals surface area contributed by atoms with Crippen LogP contribution in [0.4, 0.5) is 5.82 Å². The third kappa shape index (κ3) is 3.16. The first-order valence-corrected chi connectivity index (χ1v) is 4.85. The van der Waals surface area contributed by atoms with Crippen LogP contribution >= 0.6 is 0 Å². The number of hydrogen-bond donors (Lipinski definition) is 3. The molecule has 1 aromatic rings. The number of aromatic carboxylic acids is 1. The van der Waals surface area contributed by atoms with Gasteiger partial charge in [-0.1, -0.05) is 13.8 Å². The van der Waals surface area contributed by atoms with Gasteiger partial charge in [-0.05, 0) is 0 Å². The van der Waals surface area contributed by atoms with Crippen LogP contribution < -0.4 is 5.32 Å². The summed E-state index contributed by atoms with van der Waals surface area (Å²) < 4.78 is 0. The summed E-state index contributed by atoms with van der Waals surface area (Å²) in [6.45, 7) is 4.14. The summed E-state index contributed by atoms with van der Waals surface area (Å²) in [5.41, 5.74) is -0.455. The van der Waals surface area contributed by atoms with Crippen LogP contribution in [0.1, 0.15) is 24.3 Å². The molecule has 0 amide bonds. The number of hydrogen-bond acceptors (Lipinski definition) is 5. The second-order valence-electron chi connectivity index (χ2n) is 4.23. The number of nitrogens with zero attached hydrogens (tertiary/aromatic N) is 2. The number of rotatable bonds is 5. The minimum Gasteiger partial charge on any atom is -0.476 e. The van der Waals surface area contributed by atoms with Gasteiger partial charge in [0.25, 0.3) is 0 Å². The maximum atomic E-state index is 10.8. The van der Waals surface area contributed by atoms with Gasteiger partial charge in [0.2, 0.25) is 0 Å². The van der Waals surface area contributed by atoms with Crippen molar-refractivity contribution in [2.24, 2.45) is 5.41 Å². The second kappa shape index (κ2) is 4.89. The molecular weight excluding hydrogens is 210 g/mol. The summed E-state index contributed by atoms with van der Waals surface area (Å²) in [5.74, 6) is -0.908. The number of carboxylic acids is 1. The van der Waals surface area contributed by atoms with Gasteiger partial charge in [-0.15, -0.1) is 0 Å². The molecule has 16 heavy (non-hydrogen) atoms. The van der Waals surface area contributed by atoms with Gasteiger partial charge < -0.3 is 15.5 Å². The number of carbonyl (C=O) groups is 1. The molecule has 1 heterocycles. The maximum Gasteiger partial charge on any atom is 0.358 e. The van der Waals surface area contributed by atoms with E-state index in [1.54, 1.807) is 0 Å². The maximum absolute atomic E-state index is 10.8. The summed E-state index contributed by atoms with van der Waals surface area (Å²) >= 11 is 0. The van der Waals surface area contributed by atoms with Crippen molar-refractivity contribution in [1.82, 2.24) is 9.97 Å². The lowest BCUT2D eigenvalue weighted by atomic mass is 9.95. The zero-order chi connectivity index (χ0) is 12.2. The molecule has 0 aromatic carbocycles. The molecule has 0 fully saturated rings. The molecule has 88 valence electrons. The third-order valence-electron chi connectivity index (χ3n) is 2.06. The van der Waals surface area contributed by atoms with E-state index in [1.807, 2.05) is 13.8 Å². The average Bonchev–Trinajstić information content (AvgIpc) is 2.27. The zero-order valence-corrected chi connectivity index (χ0v) is 9.27. The summed E-state index contributed by atoms with van der Waals surface area (Å²) in [6, 6.07) is 0. The Morgan fingerprint density at radius 2 is 2.06 bits per heavy atom. The largest absolute Gasteiger partial charge is 0.476 e. The van der Waals surface area contributed by atoms with Crippen LogP contribution in [0.5, 0.6) is 0 Å². The predicted octanol–water partition coefficient (Wildman–Crippen LogP) is 0.605. The fraction of sp³-hybridized carbons (Fsp3) is 0.500. The predicted molar refractivity (Wildman–Crippen MR) is 58.3 cm³/mol. The fourth-order valence-electron chi connectivity index (χ4n) is 1.00. The number of anilines is 1. The number of aliphatic hydroxyl groups excluding tert-OH is 1. The van der Waals surface area contributed by atoms with Gasteiger partial charge in [0.15, 0.2) is 11.5 Å². The summed E-state index contributed by atoms with van der Waals surface area (Å²) in [7, 11) is 0. The highest BCUT2D eigenvalue weighted by Crippen LogP contribution is 2.16. The number of aliphatic hydroxyl groups is 1. The van der Waals surface area contributed by atoms with Crippen molar-refractivity contribution in [1.29, 1.82) is 0 Å². The van der Waals surface area contributed by atoms with Gasteiger partial charge in [-0.3, -0.25) is 0 Å². The van der Waals surface area contributed by atoms with Crippen molar-refractivity contribution >= 4 is 11.8 Å². The molecular formula is C10H15N3O3. The smallest absolute Gasteiger partial charge is 0.358 e. The van der Waals surface area contributed by atoms with E-state index >= 15 is 0 Å². The van der Waals surface area contributed by atoms with Crippen molar-refractivity contribution in [3.05, 3.63) is 18.1 Å². The Kier molecular flexibility index (Phi) is 3.78. The molecule has 6 nitrogen and oxygen atoms in total. The van der Waals surface area contributed by atoms with E-state index in [1.165, 1.54) is 12.4 Å². The van der Waals surface area contributed by atoms with Crippen LogP contribution in [0, 0.1) is 5.41 Å². The lowest BCUT2D eigenvalue weighted by Crippen LogP contribution is -2.28. The minimum absolute atomic E-state index is 0.00265. The first kappa shape index (κ1) is 12.4. The van der Waals surface area contributed by atoms with Gasteiger partial charge in [0.05, 0.1) is 0 Å². The molecule has 3 N–H and O–H groups in total. The van der Waals surface area contributed by atoms with Gasteiger partial charge in [0, 0.05) is 31.0 Å². The van der Waals surface area contributed by atoms with E-state index in [0.29, 0.717) is 6.54 Å². The van der Waals surface area contributed by atoms with Gasteiger partial charge >= 0.3 is 5.97 Å². The molecule has 0 aliphatic carbocycles. The highest BCUT2D eigenvalue weighted by Gasteiger charge is 2.19. The van der Waals surface area contributed by atoms with Crippen molar-refractivity contribution in [3.8, 4) is 0 Å². The Balaban J connectivity index is 2.78. The Hall–Kier alpha value is -1.69. The van der Waals surface area contributed by atoms with Crippen LogP contribution in [-0.2, 0) is 0 Å². The molecule has 0 saturated carbocycles.